The molecule has 1 unspecified atom stereocenters. The fourth-order valence-corrected chi connectivity index (χ4v) is 7.53. The molecule has 53 heavy (non-hydrogen) atoms. The molecular weight excluding hydrogens is 667 g/mol. The van der Waals surface area contributed by atoms with E-state index in [1.165, 1.54) is 12.7 Å². The summed E-state index contributed by atoms with van der Waals surface area (Å²) in [6.07, 6.45) is 0.700. The van der Waals surface area contributed by atoms with E-state index in [0.29, 0.717) is 61.7 Å². The van der Waals surface area contributed by atoms with E-state index < -0.39 is 5.91 Å². The number of carbonyl (C=O) groups is 3. The molecule has 0 aliphatic carbocycles. The number of nitrogens with zero attached hydrogens (tertiary/aromatic N) is 4. The number of benzene rings is 4. The van der Waals surface area contributed by atoms with E-state index in [0.717, 1.165) is 35.6 Å². The van der Waals surface area contributed by atoms with Crippen molar-refractivity contribution in [1.82, 2.24) is 14.4 Å². The van der Waals surface area contributed by atoms with Gasteiger partial charge in [-0.1, -0.05) is 72.8 Å². The second-order valence-electron chi connectivity index (χ2n) is 13.7. The lowest BCUT2D eigenvalue weighted by Crippen LogP contribution is -2.52. The number of para-hydroxylation sites is 1. The molecule has 2 N–H and O–H groups in total. The van der Waals surface area contributed by atoms with Crippen LogP contribution in [-0.4, -0.2) is 78.1 Å². The van der Waals surface area contributed by atoms with Crippen LogP contribution in [0.1, 0.15) is 53.5 Å². The highest BCUT2D eigenvalue weighted by molar-refractivity contribution is 6.09. The number of morpholine rings is 1. The third-order valence-electron chi connectivity index (χ3n) is 10.6. The van der Waals surface area contributed by atoms with Crippen LogP contribution in [0.2, 0.25) is 0 Å². The van der Waals surface area contributed by atoms with Crippen LogP contribution in [0, 0.1) is 6.92 Å². The van der Waals surface area contributed by atoms with Crippen LogP contribution >= 0.6 is 0 Å². The standard InChI is InChI=1S/C43H45N5O5/c1-29-35(42(50)47(33-16-8-5-9-17-33)26-30-12-6-4-7-13-30)24-39(45(29)2)36-25-40(52-3)38(41(44)49)23-37(36)43(51)48-27-32-15-11-10-14-31(32)22-34(48)28-46-18-20-53-21-19-46/h4-17,23-25,34H,18-22,26-28H2,1-3H3,(H2,44,49). The van der Waals surface area contributed by atoms with Crippen LogP contribution in [-0.2, 0) is 31.3 Å². The fourth-order valence-electron chi connectivity index (χ4n) is 7.53. The lowest BCUT2D eigenvalue weighted by molar-refractivity contribution is 0.0193. The van der Waals surface area contributed by atoms with Gasteiger partial charge in [0, 0.05) is 67.5 Å². The molecule has 1 saturated heterocycles. The highest BCUT2D eigenvalue weighted by Gasteiger charge is 2.35. The lowest BCUT2D eigenvalue weighted by atomic mass is 9.91. The third-order valence-corrected chi connectivity index (χ3v) is 10.6. The quantitative estimate of drug-likeness (QED) is 0.195. The number of methoxy groups -OCH3 is 1. The number of fused-ring (bicyclic) bond motifs is 1. The number of ether oxygens (including phenoxy) is 2. The molecule has 7 rings (SSSR count). The maximum absolute atomic E-state index is 15.1. The first-order valence-corrected chi connectivity index (χ1v) is 18.0. The van der Waals surface area contributed by atoms with E-state index in [9.17, 15) is 9.59 Å². The van der Waals surface area contributed by atoms with Gasteiger partial charge in [-0.3, -0.25) is 19.3 Å². The number of primary amides is 1. The number of carbonyl (C=O) groups excluding carboxylic acids is 3. The predicted octanol–water partition coefficient (Wildman–Crippen LogP) is 5.85. The minimum Gasteiger partial charge on any atom is -0.496 e. The highest BCUT2D eigenvalue weighted by Crippen LogP contribution is 2.37. The van der Waals surface area contributed by atoms with Gasteiger partial charge in [0.25, 0.3) is 17.7 Å². The summed E-state index contributed by atoms with van der Waals surface area (Å²) >= 11 is 0. The smallest absolute Gasteiger partial charge is 0.260 e. The molecule has 10 heteroatoms. The van der Waals surface area contributed by atoms with Crippen LogP contribution in [0.4, 0.5) is 5.69 Å². The molecule has 3 amide bonds. The minimum absolute atomic E-state index is 0.113. The molecule has 3 heterocycles. The second-order valence-corrected chi connectivity index (χ2v) is 13.7. The summed E-state index contributed by atoms with van der Waals surface area (Å²) < 4.78 is 13.2. The largest absolute Gasteiger partial charge is 0.496 e. The zero-order chi connectivity index (χ0) is 37.1. The van der Waals surface area contributed by atoms with Crippen molar-refractivity contribution in [2.45, 2.75) is 32.5 Å². The fraction of sp³-hybridized carbons (Fsp3) is 0.279. The number of hydrogen-bond donors (Lipinski definition) is 1. The van der Waals surface area contributed by atoms with Crippen LogP contribution in [0.15, 0.2) is 103 Å². The van der Waals surface area contributed by atoms with Gasteiger partial charge < -0.3 is 29.6 Å². The van der Waals surface area contributed by atoms with Crippen molar-refractivity contribution < 1.29 is 23.9 Å². The predicted molar refractivity (Wildman–Crippen MR) is 205 cm³/mol. The first-order valence-electron chi connectivity index (χ1n) is 18.0. The molecule has 0 saturated carbocycles. The molecule has 2 aliphatic rings. The monoisotopic (exact) mass is 711 g/mol. The van der Waals surface area contributed by atoms with Crippen molar-refractivity contribution in [2.24, 2.45) is 12.8 Å². The van der Waals surface area contributed by atoms with Crippen molar-refractivity contribution in [3.63, 3.8) is 0 Å². The average Bonchev–Trinajstić information content (AvgIpc) is 3.49. The minimum atomic E-state index is -0.699. The Morgan fingerprint density at radius 1 is 0.849 bits per heavy atom. The van der Waals surface area contributed by atoms with Gasteiger partial charge in [-0.25, -0.2) is 0 Å². The normalized spacial score (nSPS) is 15.8. The molecule has 4 aromatic carbocycles. The Bertz CT molecular complexity index is 2120. The van der Waals surface area contributed by atoms with Gasteiger partial charge >= 0.3 is 0 Å². The molecule has 1 atom stereocenters. The summed E-state index contributed by atoms with van der Waals surface area (Å²) in [5, 5.41) is 0. The van der Waals surface area contributed by atoms with Crippen molar-refractivity contribution in [3.05, 3.63) is 142 Å². The number of hydrogen-bond acceptors (Lipinski definition) is 6. The van der Waals surface area contributed by atoms with Gasteiger partial charge in [0.2, 0.25) is 0 Å². The van der Waals surface area contributed by atoms with Crippen molar-refractivity contribution in [3.8, 4) is 17.0 Å². The summed E-state index contributed by atoms with van der Waals surface area (Å²) in [4.78, 5) is 48.5. The zero-order valence-electron chi connectivity index (χ0n) is 30.5. The summed E-state index contributed by atoms with van der Waals surface area (Å²) in [6.45, 7) is 6.29. The Balaban J connectivity index is 1.32. The van der Waals surface area contributed by atoms with Gasteiger partial charge in [-0.2, -0.15) is 0 Å². The Morgan fingerprint density at radius 2 is 1.51 bits per heavy atom. The number of nitrogens with two attached hydrogens (primary N) is 1. The molecule has 0 radical (unpaired) electrons. The van der Waals surface area contributed by atoms with Crippen LogP contribution in [0.5, 0.6) is 5.75 Å². The number of amides is 3. The van der Waals surface area contributed by atoms with Crippen molar-refractivity contribution >= 4 is 23.4 Å². The van der Waals surface area contributed by atoms with Crippen molar-refractivity contribution in [2.75, 3.05) is 44.9 Å². The van der Waals surface area contributed by atoms with Gasteiger partial charge in [-0.05, 0) is 60.4 Å². The molecule has 5 aromatic rings. The van der Waals surface area contributed by atoms with E-state index in [4.69, 9.17) is 15.2 Å². The Kier molecular flexibility index (Phi) is 10.4. The molecule has 272 valence electrons. The maximum atomic E-state index is 15.1. The van der Waals surface area contributed by atoms with Crippen LogP contribution in [0.3, 0.4) is 0 Å². The summed E-state index contributed by atoms with van der Waals surface area (Å²) in [5.41, 5.74) is 12.8. The Labute approximate surface area is 310 Å². The highest BCUT2D eigenvalue weighted by atomic mass is 16.5. The molecule has 0 bridgehead atoms. The van der Waals surface area contributed by atoms with E-state index >= 15 is 4.79 Å². The summed E-state index contributed by atoms with van der Waals surface area (Å²) in [6, 6.07) is 32.7. The summed E-state index contributed by atoms with van der Waals surface area (Å²) in [7, 11) is 3.35. The Morgan fingerprint density at radius 3 is 2.19 bits per heavy atom. The molecular formula is C43H45N5O5. The number of anilines is 1. The first-order chi connectivity index (χ1) is 25.7. The Hall–Kier alpha value is -5.71. The number of rotatable bonds is 10. The van der Waals surface area contributed by atoms with Gasteiger partial charge in [0.15, 0.2) is 0 Å². The van der Waals surface area contributed by atoms with E-state index in [1.54, 1.807) is 17.0 Å². The van der Waals surface area contributed by atoms with Crippen LogP contribution < -0.4 is 15.4 Å². The average molecular weight is 712 g/mol. The van der Waals surface area contributed by atoms with Gasteiger partial charge in [-0.15, -0.1) is 0 Å². The van der Waals surface area contributed by atoms with E-state index in [1.807, 2.05) is 102 Å². The topological polar surface area (TPSA) is 110 Å². The van der Waals surface area contributed by atoms with Crippen LogP contribution in [0.25, 0.3) is 11.3 Å². The summed E-state index contributed by atoms with van der Waals surface area (Å²) in [5.74, 6) is -0.847. The SMILES string of the molecule is COc1cc(-c2cc(C(=O)N(Cc3ccccc3)c3ccccc3)c(C)n2C)c(C(=O)N2Cc3ccccc3CC2CN2CCOCC2)cc1C(N)=O. The maximum Gasteiger partial charge on any atom is 0.260 e. The zero-order valence-corrected chi connectivity index (χ0v) is 30.5. The molecule has 2 aliphatic heterocycles. The lowest BCUT2D eigenvalue weighted by Gasteiger charge is -2.40. The first kappa shape index (κ1) is 35.7. The molecule has 0 spiro atoms. The third kappa shape index (κ3) is 7.33. The van der Waals surface area contributed by atoms with E-state index in [-0.39, 0.29) is 29.2 Å². The molecule has 1 fully saturated rings. The molecule has 1 aromatic heterocycles. The van der Waals surface area contributed by atoms with Gasteiger partial charge in [0.05, 0.1) is 38.0 Å². The van der Waals surface area contributed by atoms with Crippen molar-refractivity contribution in [1.29, 1.82) is 0 Å². The van der Waals surface area contributed by atoms with Gasteiger partial charge in [0.1, 0.15) is 5.75 Å². The van der Waals surface area contributed by atoms with E-state index in [2.05, 4.69) is 17.0 Å². The number of aromatic nitrogens is 1. The molecule has 10 nitrogen and oxygen atoms in total. The second kappa shape index (κ2) is 15.5.